The molecule has 1 aliphatic rings. The van der Waals surface area contributed by atoms with Gasteiger partial charge in [0.2, 0.25) is 6.29 Å². The van der Waals surface area contributed by atoms with Crippen molar-refractivity contribution in [3.63, 3.8) is 0 Å². The molecule has 10 rings (SSSR count). The number of aromatic nitrogens is 2. The van der Waals surface area contributed by atoms with E-state index in [2.05, 4.69) is 160 Å². The Balaban J connectivity index is 1.23. The zero-order valence-electron chi connectivity index (χ0n) is 26.0. The molecule has 5 nitrogen and oxygen atoms in total. The van der Waals surface area contributed by atoms with Gasteiger partial charge < -0.3 is 14.5 Å². The molecule has 0 spiro atoms. The number of nitrogens with one attached hydrogen (secondary N) is 1. The van der Waals surface area contributed by atoms with Gasteiger partial charge in [-0.25, -0.2) is 9.98 Å². The van der Waals surface area contributed by atoms with E-state index in [1.807, 2.05) is 18.2 Å². The number of hydrogen-bond acceptors (Lipinski definition) is 3. The summed E-state index contributed by atoms with van der Waals surface area (Å²) in [6, 6.07) is 57.9. The molecule has 7 aromatic carbocycles. The Hall–Kier alpha value is -6.46. The lowest BCUT2D eigenvalue weighted by Gasteiger charge is -2.26. The molecule has 0 saturated carbocycles. The van der Waals surface area contributed by atoms with Crippen LogP contribution in [0.25, 0.3) is 60.1 Å². The van der Waals surface area contributed by atoms with Crippen molar-refractivity contribution in [2.45, 2.75) is 6.29 Å². The fourth-order valence-electron chi connectivity index (χ4n) is 7.35. The first-order valence-corrected chi connectivity index (χ1v) is 16.3. The fraction of sp³-hybridized carbons (Fsp3) is 0.0233. The van der Waals surface area contributed by atoms with Gasteiger partial charge in [-0.05, 0) is 53.2 Å². The van der Waals surface area contributed by atoms with Crippen LogP contribution in [0.5, 0.6) is 0 Å². The molecule has 0 aliphatic carbocycles. The van der Waals surface area contributed by atoms with E-state index in [1.165, 1.54) is 43.4 Å². The number of benzene rings is 7. The second-order valence-corrected chi connectivity index (χ2v) is 12.3. The van der Waals surface area contributed by atoms with Crippen LogP contribution < -0.4 is 5.32 Å². The van der Waals surface area contributed by atoms with Gasteiger partial charge in [-0.1, -0.05) is 121 Å². The molecule has 5 heteroatoms. The molecule has 1 atom stereocenters. The van der Waals surface area contributed by atoms with Crippen molar-refractivity contribution in [2.75, 3.05) is 0 Å². The Morgan fingerprint density at radius 2 is 1.08 bits per heavy atom. The SMILES string of the molecule is c1ccc(C2=NC(n3c4ccccc4c4cc5c(cc43)c3ccccc3n5-c3ccccc3)NC(c3ccc4ccccc4c3)=N2)cc1. The zero-order valence-corrected chi connectivity index (χ0v) is 26.0. The van der Waals surface area contributed by atoms with Crippen LogP contribution in [0.15, 0.2) is 174 Å². The second-order valence-electron chi connectivity index (χ2n) is 12.3. The van der Waals surface area contributed by atoms with Crippen LogP contribution in [0, 0.1) is 0 Å². The third kappa shape index (κ3) is 4.11. The summed E-state index contributed by atoms with van der Waals surface area (Å²) in [6.07, 6.45) is -0.429. The lowest BCUT2D eigenvalue weighted by atomic mass is 10.1. The first kappa shape index (κ1) is 26.7. The highest BCUT2D eigenvalue weighted by Gasteiger charge is 2.25. The van der Waals surface area contributed by atoms with Crippen LogP contribution in [0.1, 0.15) is 17.4 Å². The maximum Gasteiger partial charge on any atom is 0.204 e. The number of aliphatic imine (C=N–C) groups is 2. The molecule has 0 bridgehead atoms. The van der Waals surface area contributed by atoms with E-state index in [0.29, 0.717) is 5.84 Å². The summed E-state index contributed by atoms with van der Waals surface area (Å²) in [5.41, 5.74) is 7.76. The largest absolute Gasteiger partial charge is 0.331 e. The minimum Gasteiger partial charge on any atom is -0.331 e. The molecule has 48 heavy (non-hydrogen) atoms. The van der Waals surface area contributed by atoms with Crippen LogP contribution in [-0.2, 0) is 0 Å². The number of fused-ring (bicyclic) bond motifs is 7. The van der Waals surface area contributed by atoms with Crippen molar-refractivity contribution in [1.29, 1.82) is 0 Å². The third-order valence-corrected chi connectivity index (χ3v) is 9.55. The average molecular weight is 616 g/mol. The highest BCUT2D eigenvalue weighted by atomic mass is 15.3. The van der Waals surface area contributed by atoms with Gasteiger partial charge in [-0.2, -0.15) is 0 Å². The molecule has 2 aromatic heterocycles. The molecular formula is C43H29N5. The maximum absolute atomic E-state index is 5.30. The molecule has 0 fully saturated rings. The van der Waals surface area contributed by atoms with Gasteiger partial charge in [0.1, 0.15) is 5.84 Å². The van der Waals surface area contributed by atoms with Crippen molar-refractivity contribution in [1.82, 2.24) is 14.5 Å². The monoisotopic (exact) mass is 615 g/mol. The minimum absolute atomic E-state index is 0.429. The summed E-state index contributed by atoms with van der Waals surface area (Å²) < 4.78 is 4.72. The molecule has 1 N–H and O–H groups in total. The minimum atomic E-state index is -0.429. The van der Waals surface area contributed by atoms with E-state index in [1.54, 1.807) is 0 Å². The van der Waals surface area contributed by atoms with Crippen LogP contribution in [0.2, 0.25) is 0 Å². The maximum atomic E-state index is 5.30. The van der Waals surface area contributed by atoms with E-state index in [0.717, 1.165) is 33.7 Å². The number of para-hydroxylation sites is 3. The molecule has 0 saturated heterocycles. The number of nitrogens with zero attached hydrogens (tertiary/aromatic N) is 4. The van der Waals surface area contributed by atoms with E-state index in [-0.39, 0.29) is 0 Å². The van der Waals surface area contributed by atoms with Crippen LogP contribution in [0.3, 0.4) is 0 Å². The average Bonchev–Trinajstić information content (AvgIpc) is 3.66. The topological polar surface area (TPSA) is 46.6 Å². The molecule has 0 amide bonds. The lowest BCUT2D eigenvalue weighted by molar-refractivity contribution is 0.516. The van der Waals surface area contributed by atoms with Crippen LogP contribution >= 0.6 is 0 Å². The smallest absolute Gasteiger partial charge is 0.204 e. The van der Waals surface area contributed by atoms with E-state index < -0.39 is 6.29 Å². The number of amidine groups is 2. The van der Waals surface area contributed by atoms with Crippen LogP contribution in [-0.4, -0.2) is 20.8 Å². The van der Waals surface area contributed by atoms with Crippen LogP contribution in [0.4, 0.5) is 0 Å². The van der Waals surface area contributed by atoms with Gasteiger partial charge in [0.05, 0.1) is 22.1 Å². The van der Waals surface area contributed by atoms with E-state index >= 15 is 0 Å². The molecular weight excluding hydrogens is 587 g/mol. The molecule has 1 aliphatic heterocycles. The molecule has 226 valence electrons. The van der Waals surface area contributed by atoms with Crippen molar-refractivity contribution in [3.8, 4) is 5.69 Å². The zero-order chi connectivity index (χ0) is 31.6. The Morgan fingerprint density at radius 3 is 1.90 bits per heavy atom. The van der Waals surface area contributed by atoms with Gasteiger partial charge >= 0.3 is 0 Å². The van der Waals surface area contributed by atoms with Gasteiger partial charge in [0.15, 0.2) is 5.84 Å². The summed E-state index contributed by atoms with van der Waals surface area (Å²) in [4.78, 5) is 10.4. The van der Waals surface area contributed by atoms with E-state index in [9.17, 15) is 0 Å². The highest BCUT2D eigenvalue weighted by molar-refractivity contribution is 6.19. The van der Waals surface area contributed by atoms with Crippen molar-refractivity contribution in [3.05, 3.63) is 175 Å². The Kier molecular flexibility index (Phi) is 5.87. The van der Waals surface area contributed by atoms with Crippen molar-refractivity contribution >= 4 is 66.1 Å². The van der Waals surface area contributed by atoms with Crippen molar-refractivity contribution < 1.29 is 0 Å². The van der Waals surface area contributed by atoms with Gasteiger partial charge in [-0.15, -0.1) is 0 Å². The van der Waals surface area contributed by atoms with Crippen molar-refractivity contribution in [2.24, 2.45) is 9.98 Å². The fourth-order valence-corrected chi connectivity index (χ4v) is 7.35. The molecule has 1 unspecified atom stereocenters. The number of rotatable bonds is 4. The van der Waals surface area contributed by atoms with Gasteiger partial charge in [0.25, 0.3) is 0 Å². The summed E-state index contributed by atoms with van der Waals surface area (Å²) in [5, 5.41) is 10.9. The Morgan fingerprint density at radius 1 is 0.458 bits per heavy atom. The summed E-state index contributed by atoms with van der Waals surface area (Å²) in [5.74, 6) is 1.50. The Bertz CT molecular complexity index is 2750. The normalized spacial score (nSPS) is 14.9. The molecule has 3 heterocycles. The predicted molar refractivity (Wildman–Crippen MR) is 199 cm³/mol. The first-order valence-electron chi connectivity index (χ1n) is 16.3. The quantitative estimate of drug-likeness (QED) is 0.210. The number of hydrogen-bond donors (Lipinski definition) is 1. The summed E-state index contributed by atoms with van der Waals surface area (Å²) >= 11 is 0. The summed E-state index contributed by atoms with van der Waals surface area (Å²) in [7, 11) is 0. The van der Waals surface area contributed by atoms with E-state index in [4.69, 9.17) is 9.98 Å². The highest BCUT2D eigenvalue weighted by Crippen LogP contribution is 2.40. The van der Waals surface area contributed by atoms with Gasteiger partial charge in [0, 0.05) is 38.4 Å². The standard InChI is InChI=1S/C43H29N5/c1-3-14-29(15-4-1)41-44-42(31-24-23-28-13-7-8-16-30(28)25-31)46-43(45-41)48-38-22-12-10-20-34(38)36-26-39-35(27-40(36)48)33-19-9-11-21-37(33)47(39)32-17-5-2-6-18-32/h1-27,43H,(H,44,45,46). The second kappa shape index (κ2) is 10.5. The molecule has 9 aromatic rings. The first-order chi connectivity index (χ1) is 23.8. The predicted octanol–water partition coefficient (Wildman–Crippen LogP) is 10.00. The lowest BCUT2D eigenvalue weighted by Crippen LogP contribution is -2.36. The summed E-state index contributed by atoms with van der Waals surface area (Å²) in [6.45, 7) is 0. The van der Waals surface area contributed by atoms with Gasteiger partial charge in [-0.3, -0.25) is 0 Å². The molecule has 0 radical (unpaired) electrons. The Labute approximate surface area is 276 Å². The third-order valence-electron chi connectivity index (χ3n) is 9.55.